The van der Waals surface area contributed by atoms with E-state index in [1.54, 1.807) is 0 Å². The number of aliphatic hydroxyl groups is 1. The van der Waals surface area contributed by atoms with Crippen molar-refractivity contribution >= 4 is 29.9 Å². The van der Waals surface area contributed by atoms with Gasteiger partial charge in [0.25, 0.3) is 0 Å². The Bertz CT molecular complexity index is 331. The van der Waals surface area contributed by atoms with Crippen molar-refractivity contribution in [3.05, 3.63) is 0 Å². The summed E-state index contributed by atoms with van der Waals surface area (Å²) in [5, 5.41) is 16.1. The van der Waals surface area contributed by atoms with E-state index < -0.39 is 0 Å². The Morgan fingerprint density at radius 3 is 2.36 bits per heavy atom. The number of hydrogen-bond donors (Lipinski definition) is 3. The second-order valence-electron chi connectivity index (χ2n) is 7.41. The van der Waals surface area contributed by atoms with Crippen molar-refractivity contribution in [3.8, 4) is 0 Å². The lowest BCUT2D eigenvalue weighted by Crippen LogP contribution is -2.42. The van der Waals surface area contributed by atoms with Crippen LogP contribution in [0.25, 0.3) is 0 Å². The molecule has 1 aliphatic heterocycles. The van der Waals surface area contributed by atoms with Gasteiger partial charge in [0.1, 0.15) is 0 Å². The summed E-state index contributed by atoms with van der Waals surface area (Å²) in [4.78, 5) is 7.32. The van der Waals surface area contributed by atoms with Gasteiger partial charge in [0.15, 0.2) is 5.96 Å². The average Bonchev–Trinajstić information content (AvgIpc) is 2.81. The van der Waals surface area contributed by atoms with Crippen molar-refractivity contribution in [1.82, 2.24) is 15.5 Å². The zero-order valence-corrected chi connectivity index (χ0v) is 18.9. The third-order valence-corrected chi connectivity index (χ3v) is 4.61. The van der Waals surface area contributed by atoms with Crippen LogP contribution in [0.4, 0.5) is 0 Å². The summed E-state index contributed by atoms with van der Waals surface area (Å²) in [6.45, 7) is 13.0. The first kappa shape index (κ1) is 24.9. The smallest absolute Gasteiger partial charge is 0.191 e. The van der Waals surface area contributed by atoms with E-state index in [0.717, 1.165) is 45.0 Å². The Labute approximate surface area is 172 Å². The van der Waals surface area contributed by atoms with Crippen LogP contribution in [0, 0.1) is 11.8 Å². The number of likely N-dealkylation sites (tertiary alicyclic amines) is 1. The molecule has 0 bridgehead atoms. The molecule has 5 nitrogen and oxygen atoms in total. The molecule has 1 heterocycles. The maximum absolute atomic E-state index is 9.24. The molecule has 0 amide bonds. The summed E-state index contributed by atoms with van der Waals surface area (Å²) in [6, 6.07) is 0. The first-order valence-electron chi connectivity index (χ1n) is 10.0. The summed E-state index contributed by atoms with van der Waals surface area (Å²) in [6.07, 6.45) is 7.41. The SMILES string of the molecule is CCNC(=NCC(CCO)CC(C)C)NCCN1CCCCCC1.I. The molecule has 3 N–H and O–H groups in total. The summed E-state index contributed by atoms with van der Waals surface area (Å²) in [5.74, 6) is 2.03. The number of hydrogen-bond acceptors (Lipinski definition) is 3. The van der Waals surface area contributed by atoms with Crippen LogP contribution in [0.1, 0.15) is 59.3 Å². The van der Waals surface area contributed by atoms with Crippen molar-refractivity contribution in [2.75, 3.05) is 45.9 Å². The van der Waals surface area contributed by atoms with Crippen LogP contribution in [0.15, 0.2) is 4.99 Å². The molecule has 0 aromatic rings. The zero-order chi connectivity index (χ0) is 17.6. The van der Waals surface area contributed by atoms with E-state index in [0.29, 0.717) is 11.8 Å². The summed E-state index contributed by atoms with van der Waals surface area (Å²) in [7, 11) is 0. The molecule has 1 fully saturated rings. The van der Waals surface area contributed by atoms with Gasteiger partial charge in [-0.25, -0.2) is 0 Å². The van der Waals surface area contributed by atoms with E-state index >= 15 is 0 Å². The zero-order valence-electron chi connectivity index (χ0n) is 16.6. The molecular weight excluding hydrogens is 427 g/mol. The molecule has 6 heteroatoms. The minimum atomic E-state index is 0. The second kappa shape index (κ2) is 16.1. The Hall–Kier alpha value is -0.0800. The minimum absolute atomic E-state index is 0. The Kier molecular flexibility index (Phi) is 16.1. The largest absolute Gasteiger partial charge is 0.396 e. The third kappa shape index (κ3) is 12.8. The van der Waals surface area contributed by atoms with Crippen LogP contribution in [0.2, 0.25) is 0 Å². The predicted molar refractivity (Wildman–Crippen MR) is 119 cm³/mol. The average molecular weight is 468 g/mol. The van der Waals surface area contributed by atoms with Crippen molar-refractivity contribution in [2.24, 2.45) is 16.8 Å². The van der Waals surface area contributed by atoms with E-state index in [9.17, 15) is 5.11 Å². The number of halogens is 1. The van der Waals surface area contributed by atoms with Crippen molar-refractivity contribution in [3.63, 3.8) is 0 Å². The van der Waals surface area contributed by atoms with E-state index in [2.05, 4.69) is 36.3 Å². The van der Waals surface area contributed by atoms with E-state index in [4.69, 9.17) is 4.99 Å². The van der Waals surface area contributed by atoms with Gasteiger partial charge >= 0.3 is 0 Å². The number of nitrogens with zero attached hydrogens (tertiary/aromatic N) is 2. The highest BCUT2D eigenvalue weighted by atomic mass is 127. The lowest BCUT2D eigenvalue weighted by Gasteiger charge is -2.21. The molecule has 1 unspecified atom stereocenters. The lowest BCUT2D eigenvalue weighted by atomic mass is 9.94. The number of rotatable bonds is 10. The van der Waals surface area contributed by atoms with Crippen molar-refractivity contribution in [1.29, 1.82) is 0 Å². The van der Waals surface area contributed by atoms with E-state index in [-0.39, 0.29) is 30.6 Å². The molecule has 150 valence electrons. The quantitative estimate of drug-likeness (QED) is 0.262. The monoisotopic (exact) mass is 468 g/mol. The fourth-order valence-corrected chi connectivity index (χ4v) is 3.39. The first-order valence-corrected chi connectivity index (χ1v) is 10.0. The highest BCUT2D eigenvalue weighted by Crippen LogP contribution is 2.15. The van der Waals surface area contributed by atoms with Crippen LogP contribution in [0.3, 0.4) is 0 Å². The highest BCUT2D eigenvalue weighted by Gasteiger charge is 2.11. The van der Waals surface area contributed by atoms with Crippen LogP contribution in [-0.4, -0.2) is 61.8 Å². The maximum Gasteiger partial charge on any atom is 0.191 e. The van der Waals surface area contributed by atoms with Gasteiger partial charge in [0, 0.05) is 32.8 Å². The first-order chi connectivity index (χ1) is 11.7. The molecule has 25 heavy (non-hydrogen) atoms. The van der Waals surface area contributed by atoms with Crippen LogP contribution in [0.5, 0.6) is 0 Å². The van der Waals surface area contributed by atoms with E-state index in [1.165, 1.54) is 38.8 Å². The van der Waals surface area contributed by atoms with Gasteiger partial charge in [-0.15, -0.1) is 24.0 Å². The molecule has 0 aromatic heterocycles. The van der Waals surface area contributed by atoms with Gasteiger partial charge in [0.05, 0.1) is 0 Å². The van der Waals surface area contributed by atoms with Crippen LogP contribution < -0.4 is 10.6 Å². The van der Waals surface area contributed by atoms with Gasteiger partial charge in [-0.2, -0.15) is 0 Å². The topological polar surface area (TPSA) is 59.9 Å². The Morgan fingerprint density at radius 1 is 1.12 bits per heavy atom. The molecule has 0 radical (unpaired) electrons. The fraction of sp³-hybridized carbons (Fsp3) is 0.947. The van der Waals surface area contributed by atoms with Gasteiger partial charge in [-0.05, 0) is 57.5 Å². The van der Waals surface area contributed by atoms with Gasteiger partial charge in [0.2, 0.25) is 0 Å². The summed E-state index contributed by atoms with van der Waals surface area (Å²) >= 11 is 0. The molecular formula is C19H41IN4O. The third-order valence-electron chi connectivity index (χ3n) is 4.61. The highest BCUT2D eigenvalue weighted by molar-refractivity contribution is 14.0. The molecule has 1 aliphatic rings. The number of aliphatic hydroxyl groups excluding tert-OH is 1. The lowest BCUT2D eigenvalue weighted by molar-refractivity contribution is 0.245. The van der Waals surface area contributed by atoms with Gasteiger partial charge in [-0.1, -0.05) is 26.7 Å². The normalized spacial score (nSPS) is 17.7. The van der Waals surface area contributed by atoms with Crippen molar-refractivity contribution < 1.29 is 5.11 Å². The minimum Gasteiger partial charge on any atom is -0.396 e. The maximum atomic E-state index is 9.24. The van der Waals surface area contributed by atoms with E-state index in [1.807, 2.05) is 0 Å². The Morgan fingerprint density at radius 2 is 1.80 bits per heavy atom. The fourth-order valence-electron chi connectivity index (χ4n) is 3.39. The number of nitrogens with one attached hydrogen (secondary N) is 2. The van der Waals surface area contributed by atoms with Crippen LogP contribution >= 0.6 is 24.0 Å². The molecule has 0 aromatic carbocycles. The molecule has 1 saturated heterocycles. The van der Waals surface area contributed by atoms with Crippen molar-refractivity contribution in [2.45, 2.75) is 59.3 Å². The summed E-state index contributed by atoms with van der Waals surface area (Å²) < 4.78 is 0. The molecule has 1 atom stereocenters. The number of aliphatic imine (C=N–C) groups is 1. The standard InChI is InChI=1S/C19H40N4O.HI/c1-4-20-19(22-16-18(9-14-24)15-17(2)3)21-10-13-23-11-7-5-6-8-12-23;/h17-18,24H,4-16H2,1-3H3,(H2,20,21,22);1H. The number of guanidine groups is 1. The molecule has 0 aliphatic carbocycles. The Balaban J connectivity index is 0.00000576. The molecule has 0 saturated carbocycles. The van der Waals surface area contributed by atoms with Gasteiger partial charge in [-0.3, -0.25) is 4.99 Å². The molecule has 1 rings (SSSR count). The summed E-state index contributed by atoms with van der Waals surface area (Å²) in [5.41, 5.74) is 0. The molecule has 0 spiro atoms. The predicted octanol–water partition coefficient (Wildman–Crippen LogP) is 3.08. The van der Waals surface area contributed by atoms with Crippen LogP contribution in [-0.2, 0) is 0 Å². The second-order valence-corrected chi connectivity index (χ2v) is 7.41. The van der Waals surface area contributed by atoms with Gasteiger partial charge < -0.3 is 20.6 Å².